The van der Waals surface area contributed by atoms with Crippen molar-refractivity contribution in [2.45, 2.75) is 100 Å². The van der Waals surface area contributed by atoms with Crippen molar-refractivity contribution in [1.29, 1.82) is 0 Å². The van der Waals surface area contributed by atoms with Crippen molar-refractivity contribution in [3.05, 3.63) is 120 Å². The Bertz CT molecular complexity index is 1690. The van der Waals surface area contributed by atoms with Crippen molar-refractivity contribution in [3.8, 4) is 0 Å². The molecule has 2 amide bonds. The molecule has 9 N–H and O–H groups in total. The lowest BCUT2D eigenvalue weighted by atomic mass is 9.82. The van der Waals surface area contributed by atoms with Gasteiger partial charge in [0.05, 0.1) is 24.7 Å². The van der Waals surface area contributed by atoms with Gasteiger partial charge >= 0.3 is 0 Å². The number of rotatable bonds is 24. The van der Waals surface area contributed by atoms with Gasteiger partial charge in [-0.15, -0.1) is 0 Å². The van der Waals surface area contributed by atoms with Crippen LogP contribution in [0.2, 0.25) is 0 Å². The number of carbonyl (C=O) groups excluding carboxylic acids is 2. The summed E-state index contributed by atoms with van der Waals surface area (Å²) in [6.07, 6.45) is 2.55. The molecular formula is C42H55N5O8. The minimum atomic E-state index is -1.93. The van der Waals surface area contributed by atoms with Crippen LogP contribution in [0, 0.1) is 0 Å². The van der Waals surface area contributed by atoms with Gasteiger partial charge in [0.25, 0.3) is 5.91 Å². The SMILES string of the molecule is O=C(CCCCCCCCCCNC(=O)C(O)C(O)C(O)C(O)CO)Nc1ccccc1C(Nc1ccccn1)C(c1ccccn1)C(O)c1ccccc1. The Morgan fingerprint density at radius 3 is 1.93 bits per heavy atom. The number of pyridine rings is 2. The summed E-state index contributed by atoms with van der Waals surface area (Å²) in [6.45, 7) is -0.529. The number of anilines is 2. The zero-order valence-corrected chi connectivity index (χ0v) is 31.0. The normalized spacial score (nSPS) is 15.2. The van der Waals surface area contributed by atoms with Crippen LogP contribution in [0.25, 0.3) is 0 Å². The quantitative estimate of drug-likeness (QED) is 0.0463. The predicted molar refractivity (Wildman–Crippen MR) is 210 cm³/mol. The zero-order chi connectivity index (χ0) is 39.4. The van der Waals surface area contributed by atoms with E-state index in [2.05, 4.69) is 25.9 Å². The molecule has 55 heavy (non-hydrogen) atoms. The number of nitrogens with zero attached hydrogens (tertiary/aromatic N) is 2. The molecule has 13 nitrogen and oxygen atoms in total. The van der Waals surface area contributed by atoms with Crippen LogP contribution in [0.4, 0.5) is 11.5 Å². The Labute approximate surface area is 322 Å². The zero-order valence-electron chi connectivity index (χ0n) is 31.0. The second-order valence-corrected chi connectivity index (χ2v) is 13.7. The number of hydrogen-bond donors (Lipinski definition) is 9. The minimum absolute atomic E-state index is 0.0965. The van der Waals surface area contributed by atoms with Gasteiger partial charge in [-0.25, -0.2) is 4.98 Å². The van der Waals surface area contributed by atoms with E-state index in [1.165, 1.54) is 0 Å². The van der Waals surface area contributed by atoms with Gasteiger partial charge in [0, 0.05) is 36.7 Å². The van der Waals surface area contributed by atoms with E-state index in [1.807, 2.05) is 91.0 Å². The van der Waals surface area contributed by atoms with Gasteiger partial charge in [-0.1, -0.05) is 99.2 Å². The number of benzene rings is 2. The molecule has 7 atom stereocenters. The molecule has 4 rings (SSSR count). The van der Waals surface area contributed by atoms with E-state index < -0.39 is 55.0 Å². The third-order valence-electron chi connectivity index (χ3n) is 9.56. The Hall–Kier alpha value is -4.76. The van der Waals surface area contributed by atoms with Crippen molar-refractivity contribution < 1.29 is 40.2 Å². The maximum Gasteiger partial charge on any atom is 0.251 e. The lowest BCUT2D eigenvalue weighted by Crippen LogP contribution is -2.51. The number of carbonyl (C=O) groups is 2. The van der Waals surface area contributed by atoms with Crippen LogP contribution in [0.15, 0.2) is 103 Å². The standard InChI is InChI=1S/C42H55N5O8/c48-28-33(49)39(52)40(53)41(54)42(55)45-27-15-6-4-2-1-3-5-10-24-35(50)46-31-21-12-11-20-30(31)37(47-34-23-14-17-26-44-34)36(32-22-13-16-25-43-32)38(51)29-18-8-7-9-19-29/h7-9,11-14,16-23,25-26,33,36-41,48-49,51-54H,1-6,10,15,24,27-28H2,(H,44,47)(H,45,55)(H,46,50). The summed E-state index contributed by atoms with van der Waals surface area (Å²) in [4.78, 5) is 34.5. The van der Waals surface area contributed by atoms with Crippen molar-refractivity contribution in [2.24, 2.45) is 0 Å². The highest BCUT2D eigenvalue weighted by atomic mass is 16.4. The number of aliphatic hydroxyl groups is 6. The molecule has 7 unspecified atom stereocenters. The molecule has 2 heterocycles. The van der Waals surface area contributed by atoms with Gasteiger partial charge in [0.15, 0.2) is 6.10 Å². The molecule has 2 aromatic heterocycles. The maximum atomic E-state index is 13.3. The van der Waals surface area contributed by atoms with Crippen molar-refractivity contribution in [3.63, 3.8) is 0 Å². The van der Waals surface area contributed by atoms with Gasteiger partial charge in [-0.3, -0.25) is 14.6 Å². The van der Waals surface area contributed by atoms with E-state index in [4.69, 9.17) is 5.11 Å². The minimum Gasteiger partial charge on any atom is -0.394 e. The molecule has 0 aliphatic rings. The van der Waals surface area contributed by atoms with Crippen molar-refractivity contribution >= 4 is 23.3 Å². The molecule has 0 saturated heterocycles. The molecule has 2 aromatic carbocycles. The van der Waals surface area contributed by atoms with Crippen molar-refractivity contribution in [2.75, 3.05) is 23.8 Å². The smallest absolute Gasteiger partial charge is 0.251 e. The highest BCUT2D eigenvalue weighted by Gasteiger charge is 2.36. The van der Waals surface area contributed by atoms with Crippen LogP contribution in [-0.2, 0) is 9.59 Å². The fraction of sp³-hybridized carbons (Fsp3) is 0.429. The first-order valence-corrected chi connectivity index (χ1v) is 19.0. The van der Waals surface area contributed by atoms with E-state index in [0.717, 1.165) is 56.1 Å². The lowest BCUT2D eigenvalue weighted by molar-refractivity contribution is -0.148. The average molecular weight is 758 g/mol. The second-order valence-electron chi connectivity index (χ2n) is 13.7. The third-order valence-corrected chi connectivity index (χ3v) is 9.56. The number of para-hydroxylation sites is 1. The first kappa shape index (κ1) is 43.0. The largest absolute Gasteiger partial charge is 0.394 e. The molecule has 0 spiro atoms. The second kappa shape index (κ2) is 23.2. The summed E-state index contributed by atoms with van der Waals surface area (Å²) >= 11 is 0. The van der Waals surface area contributed by atoms with Crippen LogP contribution < -0.4 is 16.0 Å². The van der Waals surface area contributed by atoms with Crippen LogP contribution in [0.3, 0.4) is 0 Å². The molecule has 0 radical (unpaired) electrons. The summed E-state index contributed by atoms with van der Waals surface area (Å²) in [5.74, 6) is -0.892. The van der Waals surface area contributed by atoms with E-state index in [0.29, 0.717) is 30.0 Å². The van der Waals surface area contributed by atoms with E-state index >= 15 is 0 Å². The highest BCUT2D eigenvalue weighted by Crippen LogP contribution is 2.43. The summed E-state index contributed by atoms with van der Waals surface area (Å²) in [6, 6.07) is 27.8. The van der Waals surface area contributed by atoms with Crippen LogP contribution in [-0.4, -0.2) is 90.0 Å². The van der Waals surface area contributed by atoms with Crippen LogP contribution in [0.5, 0.6) is 0 Å². The van der Waals surface area contributed by atoms with Crippen LogP contribution in [0.1, 0.15) is 92.7 Å². The number of aliphatic hydroxyl groups excluding tert-OH is 6. The summed E-state index contributed by atoms with van der Waals surface area (Å²) in [7, 11) is 0. The van der Waals surface area contributed by atoms with Gasteiger partial charge in [0.2, 0.25) is 5.91 Å². The number of amides is 2. The highest BCUT2D eigenvalue weighted by molar-refractivity contribution is 5.91. The number of hydrogen-bond acceptors (Lipinski definition) is 11. The van der Waals surface area contributed by atoms with E-state index in [-0.39, 0.29) is 12.5 Å². The summed E-state index contributed by atoms with van der Waals surface area (Å²) in [5, 5.41) is 68.8. The fourth-order valence-electron chi connectivity index (χ4n) is 6.47. The van der Waals surface area contributed by atoms with Gasteiger partial charge in [-0.2, -0.15) is 0 Å². The van der Waals surface area contributed by atoms with Gasteiger partial charge < -0.3 is 46.6 Å². The third kappa shape index (κ3) is 13.5. The van der Waals surface area contributed by atoms with Gasteiger partial charge in [0.1, 0.15) is 24.1 Å². The lowest BCUT2D eigenvalue weighted by Gasteiger charge is -2.33. The summed E-state index contributed by atoms with van der Waals surface area (Å²) < 4.78 is 0. The molecule has 0 aliphatic carbocycles. The van der Waals surface area contributed by atoms with E-state index in [1.54, 1.807) is 12.4 Å². The maximum absolute atomic E-state index is 13.3. The Balaban J connectivity index is 1.26. The molecule has 0 bridgehead atoms. The van der Waals surface area contributed by atoms with Crippen LogP contribution >= 0.6 is 0 Å². The molecule has 296 valence electrons. The number of aromatic nitrogens is 2. The van der Waals surface area contributed by atoms with Gasteiger partial charge in [-0.05, 0) is 54.3 Å². The first-order chi connectivity index (χ1) is 26.7. The molecule has 0 aliphatic heterocycles. The monoisotopic (exact) mass is 757 g/mol. The Kier molecular flexibility index (Phi) is 18.1. The fourth-order valence-corrected chi connectivity index (χ4v) is 6.47. The molecule has 0 saturated carbocycles. The Morgan fingerprint density at radius 1 is 0.655 bits per heavy atom. The summed E-state index contributed by atoms with van der Waals surface area (Å²) in [5.41, 5.74) is 2.86. The predicted octanol–water partition coefficient (Wildman–Crippen LogP) is 4.15. The first-order valence-electron chi connectivity index (χ1n) is 19.0. The molecule has 4 aromatic rings. The number of unbranched alkanes of at least 4 members (excludes halogenated alkanes) is 7. The Morgan fingerprint density at radius 2 is 1.27 bits per heavy atom. The molecule has 0 fully saturated rings. The van der Waals surface area contributed by atoms with E-state index in [9.17, 15) is 35.1 Å². The average Bonchev–Trinajstić information content (AvgIpc) is 3.22. The molecule has 13 heteroatoms. The van der Waals surface area contributed by atoms with Crippen molar-refractivity contribution in [1.82, 2.24) is 15.3 Å². The topological polar surface area (TPSA) is 217 Å². The number of nitrogens with one attached hydrogen (secondary N) is 3. The molecular weight excluding hydrogens is 702 g/mol.